The van der Waals surface area contributed by atoms with Gasteiger partial charge in [0.25, 0.3) is 11.8 Å². The molecule has 1 aliphatic rings. The second-order valence-electron chi connectivity index (χ2n) is 5.60. The molecule has 2 amide bonds. The fourth-order valence-electron chi connectivity index (χ4n) is 2.69. The maximum atomic E-state index is 12.5. The van der Waals surface area contributed by atoms with Crippen LogP contribution in [0.25, 0.3) is 0 Å². The van der Waals surface area contributed by atoms with Gasteiger partial charge in [0.15, 0.2) is 0 Å². The first-order valence-electron chi connectivity index (χ1n) is 7.64. The molecule has 6 heteroatoms. The first kappa shape index (κ1) is 17.2. The van der Waals surface area contributed by atoms with Gasteiger partial charge in [-0.15, -0.1) is 0 Å². The summed E-state index contributed by atoms with van der Waals surface area (Å²) < 4.78 is 1.10. The first-order valence-corrected chi connectivity index (χ1v) is 9.10. The topological polar surface area (TPSA) is 40.6 Å². The van der Waals surface area contributed by atoms with Crippen molar-refractivity contribution in [3.63, 3.8) is 0 Å². The van der Waals surface area contributed by atoms with Crippen molar-refractivity contribution in [2.75, 3.05) is 26.2 Å². The molecule has 0 aromatic heterocycles. The average Bonchev–Trinajstić information content (AvgIpc) is 2.61. The Bertz CT molecular complexity index is 756. The Morgan fingerprint density at radius 1 is 0.833 bits per heavy atom. The Labute approximate surface area is 159 Å². The van der Waals surface area contributed by atoms with Crippen molar-refractivity contribution in [2.24, 2.45) is 0 Å². The smallest absolute Gasteiger partial charge is 0.254 e. The number of carbonyl (C=O) groups excluding carboxylic acids is 2. The van der Waals surface area contributed by atoms with Gasteiger partial charge in [-0.2, -0.15) is 0 Å². The van der Waals surface area contributed by atoms with E-state index >= 15 is 0 Å². The fourth-order valence-corrected chi connectivity index (χ4v) is 3.24. The zero-order valence-electron chi connectivity index (χ0n) is 12.9. The zero-order valence-corrected chi connectivity index (χ0v) is 15.8. The number of carbonyl (C=O) groups is 2. The van der Waals surface area contributed by atoms with E-state index in [2.05, 4.69) is 22.6 Å². The molecule has 1 saturated heterocycles. The van der Waals surface area contributed by atoms with Gasteiger partial charge in [0.1, 0.15) is 0 Å². The lowest BCUT2D eigenvalue weighted by atomic mass is 10.1. The SMILES string of the molecule is O=C(c1ccc(I)cc1)N1CCN(C(=O)c2cccc(Cl)c2)CC1. The van der Waals surface area contributed by atoms with Crippen LogP contribution in [0.2, 0.25) is 5.02 Å². The number of amides is 2. The van der Waals surface area contributed by atoms with Gasteiger partial charge in [0.05, 0.1) is 0 Å². The van der Waals surface area contributed by atoms with Crippen LogP contribution in [-0.4, -0.2) is 47.8 Å². The van der Waals surface area contributed by atoms with E-state index in [0.717, 1.165) is 3.57 Å². The fraction of sp³-hybridized carbons (Fsp3) is 0.222. The summed E-state index contributed by atoms with van der Waals surface area (Å²) in [5.74, 6) is -0.0277. The summed E-state index contributed by atoms with van der Waals surface area (Å²) in [6.07, 6.45) is 0. The van der Waals surface area contributed by atoms with E-state index in [9.17, 15) is 9.59 Å². The number of halogens is 2. The number of nitrogens with zero attached hydrogens (tertiary/aromatic N) is 2. The number of hydrogen-bond donors (Lipinski definition) is 0. The van der Waals surface area contributed by atoms with Crippen LogP contribution in [0.1, 0.15) is 20.7 Å². The van der Waals surface area contributed by atoms with Crippen LogP contribution in [0.3, 0.4) is 0 Å². The number of hydrogen-bond acceptors (Lipinski definition) is 2. The first-order chi connectivity index (χ1) is 11.5. The quantitative estimate of drug-likeness (QED) is 0.651. The average molecular weight is 455 g/mol. The van der Waals surface area contributed by atoms with Gasteiger partial charge in [-0.25, -0.2) is 0 Å². The van der Waals surface area contributed by atoms with Crippen molar-refractivity contribution >= 4 is 46.0 Å². The molecule has 0 atom stereocenters. The molecular weight excluding hydrogens is 439 g/mol. The summed E-state index contributed by atoms with van der Waals surface area (Å²) in [5, 5.41) is 0.549. The van der Waals surface area contributed by atoms with E-state index in [1.165, 1.54) is 0 Å². The Morgan fingerprint density at radius 2 is 1.38 bits per heavy atom. The Kier molecular flexibility index (Phi) is 5.40. The van der Waals surface area contributed by atoms with Crippen molar-refractivity contribution in [3.8, 4) is 0 Å². The van der Waals surface area contributed by atoms with E-state index in [-0.39, 0.29) is 11.8 Å². The molecule has 0 spiro atoms. The van der Waals surface area contributed by atoms with Crippen molar-refractivity contribution < 1.29 is 9.59 Å². The lowest BCUT2D eigenvalue weighted by Gasteiger charge is -2.35. The van der Waals surface area contributed by atoms with Crippen LogP contribution >= 0.6 is 34.2 Å². The van der Waals surface area contributed by atoms with Crippen LogP contribution in [-0.2, 0) is 0 Å². The van der Waals surface area contributed by atoms with E-state index in [1.807, 2.05) is 24.3 Å². The Hall–Kier alpha value is -1.60. The molecular formula is C18H16ClIN2O2. The summed E-state index contributed by atoms with van der Waals surface area (Å²) in [5.41, 5.74) is 1.27. The maximum Gasteiger partial charge on any atom is 0.254 e. The Balaban J connectivity index is 1.62. The van der Waals surface area contributed by atoms with Gasteiger partial charge in [0, 0.05) is 45.9 Å². The summed E-state index contributed by atoms with van der Waals surface area (Å²) >= 11 is 8.16. The molecule has 1 heterocycles. The molecule has 0 aliphatic carbocycles. The van der Waals surface area contributed by atoms with Crippen LogP contribution in [0.4, 0.5) is 0 Å². The lowest BCUT2D eigenvalue weighted by molar-refractivity contribution is 0.0535. The molecule has 3 rings (SSSR count). The molecule has 0 N–H and O–H groups in total. The molecule has 0 radical (unpaired) electrons. The minimum atomic E-state index is -0.0427. The maximum absolute atomic E-state index is 12.5. The number of piperazine rings is 1. The Morgan fingerprint density at radius 3 is 1.92 bits per heavy atom. The summed E-state index contributed by atoms with van der Waals surface area (Å²) in [6.45, 7) is 2.14. The van der Waals surface area contributed by atoms with Crippen molar-refractivity contribution in [1.82, 2.24) is 9.80 Å². The predicted molar refractivity (Wildman–Crippen MR) is 102 cm³/mol. The summed E-state index contributed by atoms with van der Waals surface area (Å²) in [7, 11) is 0. The van der Waals surface area contributed by atoms with Crippen molar-refractivity contribution in [2.45, 2.75) is 0 Å². The molecule has 0 unspecified atom stereocenters. The minimum Gasteiger partial charge on any atom is -0.335 e. The minimum absolute atomic E-state index is 0.0151. The second kappa shape index (κ2) is 7.53. The van der Waals surface area contributed by atoms with Crippen molar-refractivity contribution in [1.29, 1.82) is 0 Å². The molecule has 124 valence electrons. The normalized spacial score (nSPS) is 14.6. The van der Waals surface area contributed by atoms with E-state index in [0.29, 0.717) is 42.3 Å². The van der Waals surface area contributed by atoms with Crippen LogP contribution in [0.15, 0.2) is 48.5 Å². The molecule has 2 aromatic carbocycles. The van der Waals surface area contributed by atoms with Crippen LogP contribution in [0.5, 0.6) is 0 Å². The predicted octanol–water partition coefficient (Wildman–Crippen LogP) is 3.54. The summed E-state index contributed by atoms with van der Waals surface area (Å²) in [6, 6.07) is 14.5. The van der Waals surface area contributed by atoms with E-state index < -0.39 is 0 Å². The van der Waals surface area contributed by atoms with Gasteiger partial charge < -0.3 is 9.80 Å². The van der Waals surface area contributed by atoms with Gasteiger partial charge >= 0.3 is 0 Å². The van der Waals surface area contributed by atoms with E-state index in [1.54, 1.807) is 34.1 Å². The monoisotopic (exact) mass is 454 g/mol. The van der Waals surface area contributed by atoms with E-state index in [4.69, 9.17) is 11.6 Å². The number of rotatable bonds is 2. The molecule has 1 fully saturated rings. The van der Waals surface area contributed by atoms with Gasteiger partial charge in [-0.05, 0) is 65.1 Å². The molecule has 4 nitrogen and oxygen atoms in total. The second-order valence-corrected chi connectivity index (χ2v) is 7.28. The van der Waals surface area contributed by atoms with Gasteiger partial charge in [0.2, 0.25) is 0 Å². The van der Waals surface area contributed by atoms with Gasteiger partial charge in [-0.3, -0.25) is 9.59 Å². The third kappa shape index (κ3) is 3.89. The summed E-state index contributed by atoms with van der Waals surface area (Å²) in [4.78, 5) is 28.6. The van der Waals surface area contributed by atoms with Crippen LogP contribution in [0, 0.1) is 3.57 Å². The van der Waals surface area contributed by atoms with Gasteiger partial charge in [-0.1, -0.05) is 17.7 Å². The molecule has 0 saturated carbocycles. The highest BCUT2D eigenvalue weighted by molar-refractivity contribution is 14.1. The zero-order chi connectivity index (χ0) is 17.1. The molecule has 0 bridgehead atoms. The largest absolute Gasteiger partial charge is 0.335 e. The standard InChI is InChI=1S/C18H16ClIN2O2/c19-15-3-1-2-14(12-15)18(24)22-10-8-21(9-11-22)17(23)13-4-6-16(20)7-5-13/h1-7,12H,8-11H2. The third-order valence-corrected chi connectivity index (χ3v) is 4.97. The highest BCUT2D eigenvalue weighted by Gasteiger charge is 2.25. The molecule has 2 aromatic rings. The van der Waals surface area contributed by atoms with Crippen LogP contribution < -0.4 is 0 Å². The van der Waals surface area contributed by atoms with Crippen molar-refractivity contribution in [3.05, 3.63) is 68.3 Å². The molecule has 1 aliphatic heterocycles. The molecule has 24 heavy (non-hydrogen) atoms. The third-order valence-electron chi connectivity index (χ3n) is 4.02. The highest BCUT2D eigenvalue weighted by atomic mass is 127. The number of benzene rings is 2. The highest BCUT2D eigenvalue weighted by Crippen LogP contribution is 2.15. The lowest BCUT2D eigenvalue weighted by Crippen LogP contribution is -2.50.